The lowest BCUT2D eigenvalue weighted by molar-refractivity contribution is 0.661. The van der Waals surface area contributed by atoms with Crippen molar-refractivity contribution in [1.29, 1.82) is 0 Å². The largest absolute Gasteiger partial charge is 0.0622 e. The van der Waals surface area contributed by atoms with Crippen LogP contribution in [0.25, 0.3) is 154 Å². The predicted octanol–water partition coefficient (Wildman–Crippen LogP) is 19.7. The van der Waals surface area contributed by atoms with E-state index in [9.17, 15) is 0 Å². The van der Waals surface area contributed by atoms with Gasteiger partial charge < -0.3 is 0 Å². The molecular formula is C71H44. The molecule has 0 spiro atoms. The first kappa shape index (κ1) is 39.1. The molecule has 0 atom stereocenters. The van der Waals surface area contributed by atoms with E-state index in [1.165, 1.54) is 165 Å². The van der Waals surface area contributed by atoms with Gasteiger partial charge in [-0.15, -0.1) is 0 Å². The van der Waals surface area contributed by atoms with Gasteiger partial charge in [-0.3, -0.25) is 0 Å². The fourth-order valence-electron chi connectivity index (χ4n) is 13.5. The topological polar surface area (TPSA) is 0 Å². The second-order valence-electron chi connectivity index (χ2n) is 20.6. The molecule has 0 saturated carbocycles. The Kier molecular flexibility index (Phi) is 7.77. The lowest BCUT2D eigenvalue weighted by Crippen LogP contribution is -2.15. The van der Waals surface area contributed by atoms with Gasteiger partial charge in [-0.05, 0) is 195 Å². The maximum Gasteiger partial charge on any atom is 0.0159 e. The summed E-state index contributed by atoms with van der Waals surface area (Å²) in [5.74, 6) is 0. The summed E-state index contributed by atoms with van der Waals surface area (Å²) in [6.45, 7) is 4.88. The van der Waals surface area contributed by atoms with E-state index in [0.717, 1.165) is 0 Å². The quantitative estimate of drug-likeness (QED) is 0.154. The van der Waals surface area contributed by atoms with Crippen molar-refractivity contribution in [2.75, 3.05) is 0 Å². The zero-order chi connectivity index (χ0) is 46.7. The maximum absolute atomic E-state index is 2.60. The average Bonchev–Trinajstić information content (AvgIpc) is 4.01. The fraction of sp³-hybridized carbons (Fsp3) is 0.0423. The Balaban J connectivity index is 0.953. The molecule has 328 valence electrons. The van der Waals surface area contributed by atoms with Crippen LogP contribution in [0.4, 0.5) is 0 Å². The molecule has 0 bridgehead atoms. The smallest absolute Gasteiger partial charge is 0.0159 e. The Hall–Kier alpha value is -8.84. The first-order valence-corrected chi connectivity index (χ1v) is 25.1. The van der Waals surface area contributed by atoms with E-state index in [2.05, 4.69) is 244 Å². The molecule has 0 N–H and O–H groups in total. The number of benzene rings is 13. The molecule has 16 rings (SSSR count). The van der Waals surface area contributed by atoms with Crippen LogP contribution < -0.4 is 0 Å². The van der Waals surface area contributed by atoms with Gasteiger partial charge in [0.1, 0.15) is 0 Å². The number of hydrogen-bond donors (Lipinski definition) is 0. The molecule has 0 aromatic heterocycles. The van der Waals surface area contributed by atoms with Gasteiger partial charge in [-0.1, -0.05) is 214 Å². The van der Waals surface area contributed by atoms with E-state index in [-0.39, 0.29) is 5.41 Å². The van der Waals surface area contributed by atoms with E-state index < -0.39 is 0 Å². The van der Waals surface area contributed by atoms with Crippen molar-refractivity contribution in [1.82, 2.24) is 0 Å². The van der Waals surface area contributed by atoms with Crippen LogP contribution in [-0.2, 0) is 5.41 Å². The maximum atomic E-state index is 2.60. The minimum absolute atomic E-state index is 0.253. The average molecular weight is 897 g/mol. The summed E-state index contributed by atoms with van der Waals surface area (Å²) in [4.78, 5) is 0. The third kappa shape index (κ3) is 5.29. The normalized spacial score (nSPS) is 13.3. The second kappa shape index (κ2) is 14.1. The Morgan fingerprint density at radius 3 is 1.18 bits per heavy atom. The molecule has 0 aliphatic heterocycles. The van der Waals surface area contributed by atoms with Crippen LogP contribution in [0.3, 0.4) is 0 Å². The summed E-state index contributed by atoms with van der Waals surface area (Å²) >= 11 is 0. The first-order chi connectivity index (χ1) is 35.0. The molecule has 0 fully saturated rings. The highest BCUT2D eigenvalue weighted by molar-refractivity contribution is 6.29. The standard InChI is InChI=1S/C71H44/c1-71(2)65-38-46(45-29-28-43-36-42(26-27-44(43)37-45)41-14-4-3-5-15-41)30-31-51(65)62-39-63-64(40-66(62)71)70(61-35-33-59-50-19-9-7-17-48(50)53-23-13-25-57(61)68(53)59)55-21-11-10-20-54(55)69(63)60-34-32-58-49-18-8-6-16-47(49)52-22-12-24-56(60)67(52)58/h3-40H,1-2H3. The predicted molar refractivity (Wildman–Crippen MR) is 302 cm³/mol. The number of hydrogen-bond acceptors (Lipinski definition) is 0. The first-order valence-electron chi connectivity index (χ1n) is 25.1. The van der Waals surface area contributed by atoms with Gasteiger partial charge in [0.05, 0.1) is 0 Å². The van der Waals surface area contributed by atoms with E-state index in [1.54, 1.807) is 0 Å². The zero-order valence-corrected chi connectivity index (χ0v) is 39.4. The van der Waals surface area contributed by atoms with Crippen LogP contribution in [0.15, 0.2) is 231 Å². The van der Waals surface area contributed by atoms with E-state index >= 15 is 0 Å². The van der Waals surface area contributed by atoms with Crippen LogP contribution >= 0.6 is 0 Å². The van der Waals surface area contributed by atoms with Gasteiger partial charge in [-0.25, -0.2) is 0 Å². The Morgan fingerprint density at radius 1 is 0.225 bits per heavy atom. The summed E-state index contributed by atoms with van der Waals surface area (Å²) < 4.78 is 0. The summed E-state index contributed by atoms with van der Waals surface area (Å²) in [5.41, 5.74) is 25.9. The highest BCUT2D eigenvalue weighted by atomic mass is 14.4. The summed E-state index contributed by atoms with van der Waals surface area (Å²) in [5, 5.41) is 13.0. The van der Waals surface area contributed by atoms with Gasteiger partial charge in [0, 0.05) is 5.41 Å². The lowest BCUT2D eigenvalue weighted by Gasteiger charge is -2.25. The SMILES string of the molecule is CC1(C)c2cc(-c3ccc4cc(-c5ccccc5)ccc4c3)ccc2-c2cc3c(-c4ccc5c6c(cccc46)-c4ccccc4-5)c4ccccc4c(-c4ccc5c6c(cccc46)-c4ccccc4-5)c3cc21. The highest BCUT2D eigenvalue weighted by Crippen LogP contribution is 2.57. The summed E-state index contributed by atoms with van der Waals surface area (Å²) in [6.07, 6.45) is 0. The number of fused-ring (bicyclic) bond motifs is 12. The van der Waals surface area contributed by atoms with Crippen molar-refractivity contribution in [3.05, 3.63) is 242 Å². The van der Waals surface area contributed by atoms with Crippen molar-refractivity contribution < 1.29 is 0 Å². The molecule has 13 aromatic carbocycles. The monoisotopic (exact) mass is 896 g/mol. The third-order valence-electron chi connectivity index (χ3n) is 16.7. The van der Waals surface area contributed by atoms with Crippen molar-refractivity contribution >= 4 is 53.9 Å². The Labute approximate surface area is 412 Å². The second-order valence-corrected chi connectivity index (χ2v) is 20.6. The van der Waals surface area contributed by atoms with Gasteiger partial charge in [0.15, 0.2) is 0 Å². The fourth-order valence-corrected chi connectivity index (χ4v) is 13.5. The van der Waals surface area contributed by atoms with Gasteiger partial charge in [-0.2, -0.15) is 0 Å². The van der Waals surface area contributed by atoms with Crippen LogP contribution in [-0.4, -0.2) is 0 Å². The summed E-state index contributed by atoms with van der Waals surface area (Å²) in [7, 11) is 0. The molecule has 3 aliphatic rings. The van der Waals surface area contributed by atoms with Crippen molar-refractivity contribution in [2.45, 2.75) is 19.3 Å². The van der Waals surface area contributed by atoms with Crippen molar-refractivity contribution in [3.8, 4) is 100 Å². The third-order valence-corrected chi connectivity index (χ3v) is 16.7. The molecule has 13 aromatic rings. The minimum atomic E-state index is -0.253. The zero-order valence-electron chi connectivity index (χ0n) is 39.4. The van der Waals surface area contributed by atoms with E-state index in [1.807, 2.05) is 0 Å². The number of rotatable bonds is 4. The Bertz CT molecular complexity index is 4470. The minimum Gasteiger partial charge on any atom is -0.0622 e. The van der Waals surface area contributed by atoms with Crippen LogP contribution in [0, 0.1) is 0 Å². The highest BCUT2D eigenvalue weighted by Gasteiger charge is 2.37. The molecule has 0 heterocycles. The summed E-state index contributed by atoms with van der Waals surface area (Å²) in [6, 6.07) is 87.5. The van der Waals surface area contributed by atoms with Crippen molar-refractivity contribution in [2.24, 2.45) is 0 Å². The van der Waals surface area contributed by atoms with Crippen molar-refractivity contribution in [3.63, 3.8) is 0 Å². The molecule has 3 aliphatic carbocycles. The van der Waals surface area contributed by atoms with E-state index in [0.29, 0.717) is 0 Å². The van der Waals surface area contributed by atoms with Gasteiger partial charge >= 0.3 is 0 Å². The van der Waals surface area contributed by atoms with E-state index in [4.69, 9.17) is 0 Å². The molecule has 0 nitrogen and oxygen atoms in total. The molecular weight excluding hydrogens is 853 g/mol. The van der Waals surface area contributed by atoms with Gasteiger partial charge in [0.25, 0.3) is 0 Å². The molecule has 0 radical (unpaired) electrons. The lowest BCUT2D eigenvalue weighted by atomic mass is 9.78. The van der Waals surface area contributed by atoms with Gasteiger partial charge in [0.2, 0.25) is 0 Å². The van der Waals surface area contributed by atoms with Crippen LogP contribution in [0.5, 0.6) is 0 Å². The molecule has 0 saturated heterocycles. The Morgan fingerprint density at radius 2 is 0.620 bits per heavy atom. The van der Waals surface area contributed by atoms with Crippen LogP contribution in [0.1, 0.15) is 25.0 Å². The molecule has 0 amide bonds. The molecule has 0 heteroatoms. The molecule has 71 heavy (non-hydrogen) atoms. The molecule has 0 unspecified atom stereocenters. The van der Waals surface area contributed by atoms with Crippen LogP contribution in [0.2, 0.25) is 0 Å².